The van der Waals surface area contributed by atoms with Crippen molar-refractivity contribution in [2.45, 2.75) is 26.0 Å². The Balaban J connectivity index is 1.41. The molecule has 6 heteroatoms. The predicted octanol–water partition coefficient (Wildman–Crippen LogP) is 5.24. The highest BCUT2D eigenvalue weighted by Crippen LogP contribution is 2.31. The van der Waals surface area contributed by atoms with Crippen LogP contribution in [0.15, 0.2) is 72.8 Å². The van der Waals surface area contributed by atoms with Crippen LogP contribution in [-0.4, -0.2) is 30.4 Å². The van der Waals surface area contributed by atoms with E-state index in [1.54, 1.807) is 54.6 Å². The van der Waals surface area contributed by atoms with Crippen LogP contribution in [0, 0.1) is 11.7 Å². The SMILES string of the molecule is COC(=O)c1ccc(CN(CC2CC2)C(=O)c2ccc(OCc3ccccc3F)cc2)cc1. The number of benzene rings is 3. The van der Waals surface area contributed by atoms with Crippen molar-refractivity contribution >= 4 is 11.9 Å². The van der Waals surface area contributed by atoms with Crippen LogP contribution < -0.4 is 4.74 Å². The van der Waals surface area contributed by atoms with Gasteiger partial charge in [0.2, 0.25) is 0 Å². The summed E-state index contributed by atoms with van der Waals surface area (Å²) in [6.07, 6.45) is 2.27. The monoisotopic (exact) mass is 447 g/mol. The lowest BCUT2D eigenvalue weighted by atomic mass is 10.1. The molecule has 3 aromatic carbocycles. The van der Waals surface area contributed by atoms with Crippen LogP contribution in [0.25, 0.3) is 0 Å². The molecular weight excluding hydrogens is 421 g/mol. The molecule has 0 heterocycles. The number of carbonyl (C=O) groups excluding carboxylic acids is 2. The molecule has 1 amide bonds. The van der Waals surface area contributed by atoms with Crippen LogP contribution in [0.2, 0.25) is 0 Å². The van der Waals surface area contributed by atoms with E-state index in [1.165, 1.54) is 13.2 Å². The van der Waals surface area contributed by atoms with Gasteiger partial charge in [-0.25, -0.2) is 9.18 Å². The van der Waals surface area contributed by atoms with Crippen LogP contribution in [0.3, 0.4) is 0 Å². The molecular formula is C27H26FNO4. The molecule has 1 fully saturated rings. The first-order valence-electron chi connectivity index (χ1n) is 11.0. The van der Waals surface area contributed by atoms with Gasteiger partial charge in [-0.2, -0.15) is 0 Å². The van der Waals surface area contributed by atoms with E-state index in [0.29, 0.717) is 41.4 Å². The molecule has 0 radical (unpaired) electrons. The normalized spacial score (nSPS) is 12.8. The number of ether oxygens (including phenoxy) is 2. The standard InChI is InChI=1S/C27H26FNO4/c1-32-27(31)22-10-8-20(9-11-22)17-29(16-19-6-7-19)26(30)21-12-14-24(15-13-21)33-18-23-4-2-3-5-25(23)28/h2-5,8-15,19H,6-7,16-18H2,1H3. The minimum Gasteiger partial charge on any atom is -0.489 e. The van der Waals surface area contributed by atoms with Gasteiger partial charge in [0.25, 0.3) is 5.91 Å². The second kappa shape index (κ2) is 10.3. The van der Waals surface area contributed by atoms with Crippen molar-refractivity contribution in [1.82, 2.24) is 4.90 Å². The van der Waals surface area contributed by atoms with Crippen LogP contribution in [-0.2, 0) is 17.9 Å². The highest BCUT2D eigenvalue weighted by Gasteiger charge is 2.27. The van der Waals surface area contributed by atoms with Crippen molar-refractivity contribution in [3.8, 4) is 5.75 Å². The third kappa shape index (κ3) is 5.98. The maximum absolute atomic E-state index is 13.8. The summed E-state index contributed by atoms with van der Waals surface area (Å²) in [5.41, 5.74) is 2.47. The Labute approximate surface area is 192 Å². The Morgan fingerprint density at radius 3 is 2.24 bits per heavy atom. The molecule has 170 valence electrons. The fraction of sp³-hybridized carbons (Fsp3) is 0.259. The molecule has 0 aromatic heterocycles. The van der Waals surface area contributed by atoms with Crippen LogP contribution in [0.1, 0.15) is 44.7 Å². The van der Waals surface area contributed by atoms with Gasteiger partial charge in [-0.1, -0.05) is 30.3 Å². The second-order valence-electron chi connectivity index (χ2n) is 8.22. The highest BCUT2D eigenvalue weighted by atomic mass is 19.1. The first kappa shape index (κ1) is 22.5. The van der Waals surface area contributed by atoms with Gasteiger partial charge in [0, 0.05) is 24.2 Å². The molecule has 0 atom stereocenters. The Hall–Kier alpha value is -3.67. The Morgan fingerprint density at radius 1 is 0.939 bits per heavy atom. The minimum absolute atomic E-state index is 0.0559. The van der Waals surface area contributed by atoms with E-state index in [1.807, 2.05) is 17.0 Å². The van der Waals surface area contributed by atoms with Crippen molar-refractivity contribution in [3.63, 3.8) is 0 Å². The molecule has 0 N–H and O–H groups in total. The maximum Gasteiger partial charge on any atom is 0.337 e. The smallest absolute Gasteiger partial charge is 0.337 e. The molecule has 0 unspecified atom stereocenters. The van der Waals surface area contributed by atoms with E-state index in [2.05, 4.69) is 0 Å². The molecule has 5 nitrogen and oxygen atoms in total. The number of rotatable bonds is 9. The average Bonchev–Trinajstić information content (AvgIpc) is 3.67. The van der Waals surface area contributed by atoms with Crippen molar-refractivity contribution in [2.24, 2.45) is 5.92 Å². The summed E-state index contributed by atoms with van der Waals surface area (Å²) in [5.74, 6) is 0.359. The van der Waals surface area contributed by atoms with Crippen molar-refractivity contribution in [3.05, 3.63) is 101 Å². The molecule has 0 bridgehead atoms. The van der Waals surface area contributed by atoms with Crippen molar-refractivity contribution < 1.29 is 23.5 Å². The van der Waals surface area contributed by atoms with Gasteiger partial charge in [-0.05, 0) is 66.8 Å². The van der Waals surface area contributed by atoms with Crippen LogP contribution >= 0.6 is 0 Å². The lowest BCUT2D eigenvalue weighted by Crippen LogP contribution is -2.32. The summed E-state index contributed by atoms with van der Waals surface area (Å²) in [6, 6.07) is 20.5. The predicted molar refractivity (Wildman–Crippen MR) is 122 cm³/mol. The number of hydrogen-bond acceptors (Lipinski definition) is 4. The summed E-state index contributed by atoms with van der Waals surface area (Å²) in [7, 11) is 1.35. The third-order valence-corrected chi connectivity index (χ3v) is 5.66. The zero-order valence-electron chi connectivity index (χ0n) is 18.5. The summed E-state index contributed by atoms with van der Waals surface area (Å²) < 4.78 is 24.2. The average molecular weight is 448 g/mol. The van der Waals surface area contributed by atoms with Gasteiger partial charge >= 0.3 is 5.97 Å². The van der Waals surface area contributed by atoms with Gasteiger partial charge in [0.1, 0.15) is 18.2 Å². The molecule has 1 aliphatic rings. The number of esters is 1. The Kier molecular flexibility index (Phi) is 7.03. The maximum atomic E-state index is 13.8. The Morgan fingerprint density at radius 2 is 1.61 bits per heavy atom. The van der Waals surface area contributed by atoms with Gasteiger partial charge in [-0.15, -0.1) is 0 Å². The van der Waals surface area contributed by atoms with Crippen molar-refractivity contribution in [2.75, 3.05) is 13.7 Å². The van der Waals surface area contributed by atoms with Crippen LogP contribution in [0.4, 0.5) is 4.39 Å². The lowest BCUT2D eigenvalue weighted by molar-refractivity contribution is 0.0600. The number of nitrogens with zero attached hydrogens (tertiary/aromatic N) is 1. The summed E-state index contributed by atoms with van der Waals surface area (Å²) in [6.45, 7) is 1.28. The van der Waals surface area contributed by atoms with Crippen LogP contribution in [0.5, 0.6) is 5.75 Å². The molecule has 33 heavy (non-hydrogen) atoms. The highest BCUT2D eigenvalue weighted by molar-refractivity contribution is 5.94. The van der Waals surface area contributed by atoms with Gasteiger partial charge < -0.3 is 14.4 Å². The molecule has 3 aromatic rings. The molecule has 4 rings (SSSR count). The minimum atomic E-state index is -0.384. The van der Waals surface area contributed by atoms with Gasteiger partial charge in [-0.3, -0.25) is 4.79 Å². The quantitative estimate of drug-likeness (QED) is 0.421. The van der Waals surface area contributed by atoms with E-state index >= 15 is 0 Å². The fourth-order valence-corrected chi connectivity index (χ4v) is 3.57. The van der Waals surface area contributed by atoms with Crippen molar-refractivity contribution in [1.29, 1.82) is 0 Å². The van der Waals surface area contributed by atoms with E-state index in [-0.39, 0.29) is 24.3 Å². The largest absolute Gasteiger partial charge is 0.489 e. The van der Waals surface area contributed by atoms with E-state index in [0.717, 1.165) is 18.4 Å². The summed E-state index contributed by atoms with van der Waals surface area (Å²) in [4.78, 5) is 26.7. The summed E-state index contributed by atoms with van der Waals surface area (Å²) in [5, 5.41) is 0. The topological polar surface area (TPSA) is 55.8 Å². The molecule has 0 saturated heterocycles. The number of methoxy groups -OCH3 is 1. The first-order valence-corrected chi connectivity index (χ1v) is 11.0. The third-order valence-electron chi connectivity index (χ3n) is 5.66. The summed E-state index contributed by atoms with van der Waals surface area (Å²) >= 11 is 0. The number of carbonyl (C=O) groups is 2. The van der Waals surface area contributed by atoms with E-state index in [4.69, 9.17) is 9.47 Å². The van der Waals surface area contributed by atoms with Gasteiger partial charge in [0.15, 0.2) is 0 Å². The fourth-order valence-electron chi connectivity index (χ4n) is 3.57. The number of amides is 1. The second-order valence-corrected chi connectivity index (χ2v) is 8.22. The van der Waals surface area contributed by atoms with E-state index < -0.39 is 0 Å². The molecule has 0 aliphatic heterocycles. The lowest BCUT2D eigenvalue weighted by Gasteiger charge is -2.23. The molecule has 1 aliphatic carbocycles. The zero-order chi connectivity index (χ0) is 23.2. The molecule has 0 spiro atoms. The number of hydrogen-bond donors (Lipinski definition) is 0. The van der Waals surface area contributed by atoms with E-state index in [9.17, 15) is 14.0 Å². The zero-order valence-corrected chi connectivity index (χ0v) is 18.5. The van der Waals surface area contributed by atoms with Gasteiger partial charge in [0.05, 0.1) is 12.7 Å². The molecule has 1 saturated carbocycles. The Bertz CT molecular complexity index is 1110. The number of halogens is 1. The first-order chi connectivity index (χ1) is 16.0.